The molecule has 0 radical (unpaired) electrons. The molecule has 3 N–H and O–H groups in total. The highest BCUT2D eigenvalue weighted by Gasteiger charge is 2.28. The van der Waals surface area contributed by atoms with Crippen LogP contribution in [0.4, 0.5) is 10.2 Å². The normalized spacial score (nSPS) is 14.9. The molecule has 10 heteroatoms. The number of aromatic nitrogens is 4. The Labute approximate surface area is 226 Å². The predicted octanol–water partition coefficient (Wildman–Crippen LogP) is 4.09. The van der Waals surface area contributed by atoms with Crippen LogP contribution in [-0.4, -0.2) is 57.0 Å². The van der Waals surface area contributed by atoms with Crippen LogP contribution in [0.3, 0.4) is 0 Å². The third-order valence-corrected chi connectivity index (χ3v) is 6.63. The third kappa shape index (κ3) is 6.18. The number of hydrogen-bond donors (Lipinski definition) is 2. The Kier molecular flexibility index (Phi) is 8.77. The average Bonchev–Trinajstić information content (AvgIpc) is 3.36. The van der Waals surface area contributed by atoms with Crippen LogP contribution in [0, 0.1) is 12.7 Å². The predicted molar refractivity (Wildman–Crippen MR) is 150 cm³/mol. The lowest BCUT2D eigenvalue weighted by atomic mass is 10.1. The molecule has 2 aromatic carbocycles. The van der Waals surface area contributed by atoms with Crippen LogP contribution in [0.1, 0.15) is 40.4 Å². The van der Waals surface area contributed by atoms with Gasteiger partial charge in [-0.25, -0.2) is 19.0 Å². The minimum absolute atomic E-state index is 0.0294. The minimum atomic E-state index is -0.458. The summed E-state index contributed by atoms with van der Waals surface area (Å²) < 4.78 is 14.4. The second-order valence-electron chi connectivity index (χ2n) is 9.41. The molecule has 2 aromatic heterocycles. The van der Waals surface area contributed by atoms with E-state index in [1.54, 1.807) is 6.07 Å². The zero-order valence-corrected chi connectivity index (χ0v) is 22.1. The van der Waals surface area contributed by atoms with Gasteiger partial charge in [-0.1, -0.05) is 42.5 Å². The number of carbonyl (C=O) groups excluding carboxylic acids is 2. The number of piperidine rings is 1. The van der Waals surface area contributed by atoms with Gasteiger partial charge in [-0.2, -0.15) is 5.10 Å². The Bertz CT molecular complexity index is 1480. The van der Waals surface area contributed by atoms with Crippen LogP contribution in [0.2, 0.25) is 0 Å². The van der Waals surface area contributed by atoms with E-state index in [0.29, 0.717) is 24.3 Å². The number of nitrogen functional groups attached to an aromatic ring is 1. The Morgan fingerprint density at radius 3 is 2.67 bits per heavy atom. The smallest absolute Gasteiger partial charge is 0.246 e. The number of nitrogens with one attached hydrogen (secondary N) is 1. The van der Waals surface area contributed by atoms with Crippen molar-refractivity contribution in [2.45, 2.75) is 32.4 Å². The van der Waals surface area contributed by atoms with E-state index in [1.807, 2.05) is 35.7 Å². The number of nitrogens with two attached hydrogens (primary N) is 1. The highest BCUT2D eigenvalue weighted by atomic mass is 19.1. The van der Waals surface area contributed by atoms with Crippen molar-refractivity contribution in [3.63, 3.8) is 0 Å². The molecule has 4 aromatic rings. The Morgan fingerprint density at radius 1 is 1.23 bits per heavy atom. The van der Waals surface area contributed by atoms with Gasteiger partial charge in [0.25, 0.3) is 0 Å². The molecule has 0 aliphatic carbocycles. The number of fused-ring (bicyclic) bond motifs is 1. The number of rotatable bonds is 6. The fourth-order valence-electron chi connectivity index (χ4n) is 4.67. The van der Waals surface area contributed by atoms with Gasteiger partial charge in [0.1, 0.15) is 23.7 Å². The van der Waals surface area contributed by atoms with Gasteiger partial charge in [-0.3, -0.25) is 9.59 Å². The molecule has 5 rings (SSSR count). The highest BCUT2D eigenvalue weighted by Crippen LogP contribution is 2.33. The van der Waals surface area contributed by atoms with Gasteiger partial charge in [-0.05, 0) is 50.6 Å². The second-order valence-corrected chi connectivity index (χ2v) is 9.41. The van der Waals surface area contributed by atoms with Crippen LogP contribution in [0.25, 0.3) is 22.3 Å². The van der Waals surface area contributed by atoms with Gasteiger partial charge in [-0.15, -0.1) is 0 Å². The Balaban J connectivity index is 0.000000298. The van der Waals surface area contributed by atoms with E-state index in [1.165, 1.54) is 30.1 Å². The van der Waals surface area contributed by atoms with Gasteiger partial charge in [0.2, 0.25) is 5.91 Å². The maximum absolute atomic E-state index is 12.5. The topological polar surface area (TPSA) is 119 Å². The number of aryl methyl sites for hydroxylation is 1. The first-order valence-electron chi connectivity index (χ1n) is 12.7. The lowest BCUT2D eigenvalue weighted by Crippen LogP contribution is -2.40. The fourth-order valence-corrected chi connectivity index (χ4v) is 4.67. The zero-order chi connectivity index (χ0) is 27.9. The molecule has 1 aliphatic heterocycles. The number of benzene rings is 2. The number of carbonyl (C=O) groups is 2. The van der Waals surface area contributed by atoms with Crippen molar-refractivity contribution < 1.29 is 14.0 Å². The van der Waals surface area contributed by atoms with E-state index in [0.717, 1.165) is 48.1 Å². The van der Waals surface area contributed by atoms with Crippen LogP contribution in [0.15, 0.2) is 61.4 Å². The summed E-state index contributed by atoms with van der Waals surface area (Å²) in [7, 11) is 1.92. The lowest BCUT2D eigenvalue weighted by molar-refractivity contribution is -0.127. The van der Waals surface area contributed by atoms with E-state index in [4.69, 9.17) is 10.8 Å². The second kappa shape index (κ2) is 12.4. The van der Waals surface area contributed by atoms with Gasteiger partial charge < -0.3 is 16.0 Å². The van der Waals surface area contributed by atoms with E-state index in [9.17, 15) is 14.0 Å². The van der Waals surface area contributed by atoms with E-state index in [-0.39, 0.29) is 17.5 Å². The molecular formula is C29H32FN7O2. The summed E-state index contributed by atoms with van der Waals surface area (Å²) in [5, 5.41) is 8.79. The lowest BCUT2D eigenvalue weighted by Gasteiger charge is -2.32. The number of nitrogens with zero attached hydrogens (tertiary/aromatic N) is 5. The van der Waals surface area contributed by atoms with E-state index < -0.39 is 5.82 Å². The largest absolute Gasteiger partial charge is 0.383 e. The first kappa shape index (κ1) is 27.6. The third-order valence-electron chi connectivity index (χ3n) is 6.63. The summed E-state index contributed by atoms with van der Waals surface area (Å²) in [5.74, 6) is -0.105. The molecule has 1 aliphatic rings. The van der Waals surface area contributed by atoms with Gasteiger partial charge in [0, 0.05) is 25.2 Å². The fraction of sp³-hybridized carbons (Fsp3) is 0.276. The molecule has 3 heterocycles. The van der Waals surface area contributed by atoms with E-state index in [2.05, 4.69) is 34.0 Å². The molecule has 1 unspecified atom stereocenters. The Morgan fingerprint density at radius 2 is 2.00 bits per heavy atom. The number of amides is 1. The van der Waals surface area contributed by atoms with Crippen LogP contribution in [-0.2, 0) is 11.3 Å². The van der Waals surface area contributed by atoms with Crippen molar-refractivity contribution >= 4 is 29.0 Å². The summed E-state index contributed by atoms with van der Waals surface area (Å²) in [6, 6.07) is 12.7. The van der Waals surface area contributed by atoms with Crippen LogP contribution < -0.4 is 11.1 Å². The number of likely N-dealkylation sites (tertiary alicyclic amines) is 1. The summed E-state index contributed by atoms with van der Waals surface area (Å²) in [5.41, 5.74) is 10.9. The van der Waals surface area contributed by atoms with Crippen molar-refractivity contribution in [3.8, 4) is 11.3 Å². The van der Waals surface area contributed by atoms with Gasteiger partial charge in [0.05, 0.1) is 17.0 Å². The molecule has 1 atom stereocenters. The average molecular weight is 530 g/mol. The molecule has 0 bridgehead atoms. The van der Waals surface area contributed by atoms with Crippen molar-refractivity contribution in [1.29, 1.82) is 0 Å². The highest BCUT2D eigenvalue weighted by molar-refractivity contribution is 5.98. The quantitative estimate of drug-likeness (QED) is 0.285. The standard InChI is InChI=1S/C21H25N7O.C8H7FO/c1-3-17(29)27-10-4-5-16(12-27)28-21-18(20(22)24-13-25-21)19(26-28)15-8-6-14(7-9-15)11-23-2;1-6-2-3-8(9)7(4-6)5-10/h3,6-9,13,16,23H,1,4-5,10-12H2,2H3,(H2,22,24,25);2-5H,1H3. The van der Waals surface area contributed by atoms with Crippen LogP contribution >= 0.6 is 0 Å². The number of anilines is 1. The number of halogens is 1. The Hall–Kier alpha value is -4.44. The molecule has 1 fully saturated rings. The summed E-state index contributed by atoms with van der Waals surface area (Å²) in [6.07, 6.45) is 5.16. The molecule has 9 nitrogen and oxygen atoms in total. The molecule has 0 saturated carbocycles. The molecule has 202 valence electrons. The molecule has 1 saturated heterocycles. The SMILES string of the molecule is C=CC(=O)N1CCCC(n2nc(-c3ccc(CNC)cc3)c3c(N)ncnc32)C1.Cc1ccc(F)c(C=O)c1. The van der Waals surface area contributed by atoms with Crippen molar-refractivity contribution in [2.24, 2.45) is 0 Å². The monoisotopic (exact) mass is 529 g/mol. The van der Waals surface area contributed by atoms with E-state index >= 15 is 0 Å². The molecule has 39 heavy (non-hydrogen) atoms. The van der Waals surface area contributed by atoms with Gasteiger partial charge >= 0.3 is 0 Å². The number of hydrogen-bond acceptors (Lipinski definition) is 7. The summed E-state index contributed by atoms with van der Waals surface area (Å²) >= 11 is 0. The summed E-state index contributed by atoms with van der Waals surface area (Å²) in [4.78, 5) is 32.7. The van der Waals surface area contributed by atoms with Crippen LogP contribution in [0.5, 0.6) is 0 Å². The summed E-state index contributed by atoms with van der Waals surface area (Å²) in [6.45, 7) is 7.53. The van der Waals surface area contributed by atoms with Gasteiger partial charge in [0.15, 0.2) is 11.9 Å². The number of aldehydes is 1. The maximum atomic E-state index is 12.5. The zero-order valence-electron chi connectivity index (χ0n) is 22.1. The first-order valence-corrected chi connectivity index (χ1v) is 12.7. The molecule has 1 amide bonds. The minimum Gasteiger partial charge on any atom is -0.383 e. The molecule has 0 spiro atoms. The first-order chi connectivity index (χ1) is 18.9. The molecular weight excluding hydrogens is 497 g/mol. The van der Waals surface area contributed by atoms with Crippen molar-refractivity contribution in [3.05, 3.63) is 84.0 Å². The maximum Gasteiger partial charge on any atom is 0.246 e. The van der Waals surface area contributed by atoms with Crippen molar-refractivity contribution in [2.75, 3.05) is 25.9 Å². The van der Waals surface area contributed by atoms with Crippen molar-refractivity contribution in [1.82, 2.24) is 30.0 Å².